The minimum absolute atomic E-state index is 0.366. The van der Waals surface area contributed by atoms with Crippen molar-refractivity contribution in [3.8, 4) is 0 Å². The second-order valence-corrected chi connectivity index (χ2v) is 22.5. The highest BCUT2D eigenvalue weighted by molar-refractivity contribution is 5.80. The maximum atomic E-state index is 12.6. The molecule has 0 aromatic carbocycles. The molecular formula is C65H127NO5. The number of carbonyl (C=O) groups is 1. The highest BCUT2D eigenvalue weighted by Crippen LogP contribution is 2.19. The van der Waals surface area contributed by atoms with Gasteiger partial charge in [-0.2, -0.15) is 0 Å². The van der Waals surface area contributed by atoms with Crippen molar-refractivity contribution in [1.29, 1.82) is 0 Å². The van der Waals surface area contributed by atoms with Crippen LogP contribution in [0.3, 0.4) is 0 Å². The summed E-state index contributed by atoms with van der Waals surface area (Å²) in [5, 5.41) is 44.0. The Morgan fingerprint density at radius 1 is 0.338 bits per heavy atom. The van der Waals surface area contributed by atoms with Crippen LogP contribution in [0.5, 0.6) is 0 Å². The number of nitrogens with one attached hydrogen (secondary N) is 1. The van der Waals surface area contributed by atoms with E-state index in [9.17, 15) is 25.2 Å². The van der Waals surface area contributed by atoms with Gasteiger partial charge in [0, 0.05) is 0 Å². The first-order valence-electron chi connectivity index (χ1n) is 32.2. The summed E-state index contributed by atoms with van der Waals surface area (Å²) in [5.41, 5.74) is 0. The second-order valence-electron chi connectivity index (χ2n) is 22.5. The van der Waals surface area contributed by atoms with Crippen LogP contribution in [0.1, 0.15) is 354 Å². The first-order chi connectivity index (χ1) is 35.0. The molecule has 422 valence electrons. The van der Waals surface area contributed by atoms with Gasteiger partial charge in [-0.3, -0.25) is 4.79 Å². The van der Waals surface area contributed by atoms with Crippen LogP contribution in [-0.2, 0) is 4.79 Å². The van der Waals surface area contributed by atoms with Crippen molar-refractivity contribution in [2.75, 3.05) is 6.61 Å². The lowest BCUT2D eigenvalue weighted by Gasteiger charge is -2.27. The Balaban J connectivity index is 3.52. The van der Waals surface area contributed by atoms with Crippen molar-refractivity contribution < 1.29 is 25.2 Å². The first kappa shape index (κ1) is 69.8. The Labute approximate surface area is 444 Å². The van der Waals surface area contributed by atoms with E-state index in [0.717, 1.165) is 38.5 Å². The van der Waals surface area contributed by atoms with Crippen LogP contribution < -0.4 is 5.32 Å². The van der Waals surface area contributed by atoms with Gasteiger partial charge in [-0.05, 0) is 64.2 Å². The number of unbranched alkanes of at least 4 members (excludes halogenated alkanes) is 47. The molecule has 0 spiro atoms. The first-order valence-corrected chi connectivity index (χ1v) is 32.2. The number of aliphatic hydroxyl groups excluding tert-OH is 4. The minimum atomic E-state index is -1.28. The zero-order chi connectivity index (χ0) is 51.6. The molecule has 0 aromatic heterocycles. The van der Waals surface area contributed by atoms with Crippen molar-refractivity contribution in [1.82, 2.24) is 5.32 Å². The molecule has 0 saturated heterocycles. The molecule has 0 heterocycles. The maximum absolute atomic E-state index is 12.6. The largest absolute Gasteiger partial charge is 0.394 e. The molecule has 4 atom stereocenters. The number of carbonyl (C=O) groups excluding carboxylic acids is 1. The molecule has 0 bridgehead atoms. The van der Waals surface area contributed by atoms with E-state index in [1.54, 1.807) is 0 Å². The Hall–Kier alpha value is -1.21. The van der Waals surface area contributed by atoms with E-state index >= 15 is 0 Å². The fourth-order valence-corrected chi connectivity index (χ4v) is 10.3. The Morgan fingerprint density at radius 2 is 0.577 bits per heavy atom. The Kier molecular flexibility index (Phi) is 58.6. The topological polar surface area (TPSA) is 110 Å². The van der Waals surface area contributed by atoms with E-state index in [0.29, 0.717) is 12.8 Å². The highest BCUT2D eigenvalue weighted by atomic mass is 16.3. The summed E-state index contributed by atoms with van der Waals surface area (Å²) in [6.45, 7) is 4.08. The quantitative estimate of drug-likeness (QED) is 0.0308. The van der Waals surface area contributed by atoms with Crippen molar-refractivity contribution in [3.05, 3.63) is 24.3 Å². The van der Waals surface area contributed by atoms with Crippen LogP contribution in [-0.4, -0.2) is 57.3 Å². The minimum Gasteiger partial charge on any atom is -0.394 e. The van der Waals surface area contributed by atoms with Gasteiger partial charge in [-0.15, -0.1) is 0 Å². The van der Waals surface area contributed by atoms with Crippen molar-refractivity contribution in [2.24, 2.45) is 0 Å². The summed E-state index contributed by atoms with van der Waals surface area (Å²) in [6, 6.07) is -1.00. The van der Waals surface area contributed by atoms with E-state index in [2.05, 4.69) is 43.5 Å². The van der Waals surface area contributed by atoms with Gasteiger partial charge in [0.15, 0.2) is 0 Å². The summed E-state index contributed by atoms with van der Waals surface area (Å²) in [4.78, 5) is 12.6. The molecule has 4 unspecified atom stereocenters. The van der Waals surface area contributed by atoms with Crippen molar-refractivity contribution in [3.63, 3.8) is 0 Å². The van der Waals surface area contributed by atoms with Crippen LogP contribution in [0.4, 0.5) is 0 Å². The third kappa shape index (κ3) is 53.4. The molecule has 0 aliphatic heterocycles. The van der Waals surface area contributed by atoms with Gasteiger partial charge in [0.2, 0.25) is 5.91 Å². The number of rotatable bonds is 60. The molecule has 0 fully saturated rings. The fraction of sp³-hybridized carbons (Fsp3) is 0.923. The van der Waals surface area contributed by atoms with Crippen LogP contribution in [0.25, 0.3) is 0 Å². The molecule has 0 radical (unpaired) electrons. The van der Waals surface area contributed by atoms with Gasteiger partial charge in [-0.1, -0.05) is 314 Å². The van der Waals surface area contributed by atoms with E-state index in [1.165, 1.54) is 289 Å². The molecule has 0 aliphatic rings. The number of hydrogen-bond donors (Lipinski definition) is 5. The van der Waals surface area contributed by atoms with E-state index in [4.69, 9.17) is 0 Å². The summed E-state index contributed by atoms with van der Waals surface area (Å²) >= 11 is 0. The van der Waals surface area contributed by atoms with Crippen molar-refractivity contribution in [2.45, 2.75) is 379 Å². The van der Waals surface area contributed by atoms with Crippen LogP contribution >= 0.6 is 0 Å². The smallest absolute Gasteiger partial charge is 0.249 e. The molecule has 71 heavy (non-hydrogen) atoms. The molecule has 0 aliphatic carbocycles. The molecule has 1 amide bonds. The predicted molar refractivity (Wildman–Crippen MR) is 311 cm³/mol. The molecule has 0 rings (SSSR count). The number of amides is 1. The van der Waals surface area contributed by atoms with Gasteiger partial charge >= 0.3 is 0 Å². The third-order valence-corrected chi connectivity index (χ3v) is 15.4. The van der Waals surface area contributed by atoms with E-state index < -0.39 is 36.9 Å². The van der Waals surface area contributed by atoms with E-state index in [-0.39, 0.29) is 0 Å². The molecule has 0 aromatic rings. The van der Waals surface area contributed by atoms with Crippen LogP contribution in [0.15, 0.2) is 24.3 Å². The number of aliphatic hydroxyl groups is 4. The van der Waals surface area contributed by atoms with Crippen LogP contribution in [0.2, 0.25) is 0 Å². The summed E-state index contributed by atoms with van der Waals surface area (Å²) in [5.74, 6) is -0.588. The SMILES string of the molecule is CCCCCCCCCCCCCC/C=C/CCCC(O)C(O)C(CO)NC(=O)C(O)CCCCCCCCCCCCCCCCCC/C=C\CCCCCCCCCCCCCCCCCCCC. The third-order valence-electron chi connectivity index (χ3n) is 15.4. The lowest BCUT2D eigenvalue weighted by Crippen LogP contribution is -2.53. The summed E-state index contributed by atoms with van der Waals surface area (Å²) in [6.07, 6.45) is 74.4. The molecule has 6 nitrogen and oxygen atoms in total. The summed E-state index contributed by atoms with van der Waals surface area (Å²) in [7, 11) is 0. The average molecular weight is 1000 g/mol. The summed E-state index contributed by atoms with van der Waals surface area (Å²) < 4.78 is 0. The van der Waals surface area contributed by atoms with Gasteiger partial charge in [0.25, 0.3) is 0 Å². The predicted octanol–water partition coefficient (Wildman–Crippen LogP) is 19.4. The lowest BCUT2D eigenvalue weighted by molar-refractivity contribution is -0.132. The van der Waals surface area contributed by atoms with Gasteiger partial charge < -0.3 is 25.7 Å². The van der Waals surface area contributed by atoms with Gasteiger partial charge in [0.05, 0.1) is 18.8 Å². The molecule has 6 heteroatoms. The van der Waals surface area contributed by atoms with Crippen molar-refractivity contribution >= 4 is 5.91 Å². The Morgan fingerprint density at radius 3 is 0.845 bits per heavy atom. The monoisotopic (exact) mass is 1000 g/mol. The van der Waals surface area contributed by atoms with Gasteiger partial charge in [0.1, 0.15) is 12.2 Å². The maximum Gasteiger partial charge on any atom is 0.249 e. The van der Waals surface area contributed by atoms with Crippen LogP contribution in [0, 0.1) is 0 Å². The highest BCUT2D eigenvalue weighted by Gasteiger charge is 2.28. The Bertz CT molecular complexity index is 1080. The number of hydrogen-bond acceptors (Lipinski definition) is 5. The molecule has 5 N–H and O–H groups in total. The normalized spacial score (nSPS) is 13.7. The average Bonchev–Trinajstić information content (AvgIpc) is 3.38. The standard InChI is InChI=1S/C65H127NO5/c1-3-5-7-9-11-13-15-17-19-21-22-23-24-25-26-27-28-29-30-31-32-33-34-35-36-37-38-39-40-41-43-45-47-49-51-53-55-57-59-63(69)65(71)66-61(60-67)64(70)62(68)58-56-54-52-50-48-46-44-42-20-18-16-14-12-10-8-6-4-2/h31-32,50,52,61-64,67-70H,3-30,33-49,51,53-60H2,1-2H3,(H,66,71)/b32-31-,52-50+. The zero-order valence-electron chi connectivity index (χ0n) is 48.0. The molecular weight excluding hydrogens is 875 g/mol. The fourth-order valence-electron chi connectivity index (χ4n) is 10.3. The molecule has 0 saturated carbocycles. The lowest BCUT2D eigenvalue weighted by atomic mass is 10.00. The zero-order valence-corrected chi connectivity index (χ0v) is 48.0. The van der Waals surface area contributed by atoms with E-state index in [1.807, 2.05) is 0 Å². The second kappa shape index (κ2) is 59.7. The van der Waals surface area contributed by atoms with Gasteiger partial charge in [-0.25, -0.2) is 0 Å². The number of allylic oxidation sites excluding steroid dienone is 4.